The molecule has 0 atom stereocenters. The first kappa shape index (κ1) is 14.4. The average Bonchev–Trinajstić information content (AvgIpc) is 2.89. The van der Waals surface area contributed by atoms with Crippen LogP contribution in [0.3, 0.4) is 0 Å². The zero-order valence-corrected chi connectivity index (χ0v) is 12.7. The predicted molar refractivity (Wildman–Crippen MR) is 88.6 cm³/mol. The molecule has 0 fully saturated rings. The topological polar surface area (TPSA) is 57.9 Å². The third-order valence-corrected chi connectivity index (χ3v) is 3.68. The number of hydrogen-bond acceptors (Lipinski definition) is 2. The number of nitrogens with one attached hydrogen (secondary N) is 2. The smallest absolute Gasteiger partial charge is 0.323 e. The van der Waals surface area contributed by atoms with Gasteiger partial charge in [0.25, 0.3) is 0 Å². The van der Waals surface area contributed by atoms with Crippen molar-refractivity contribution in [1.82, 2.24) is 9.97 Å². The molecule has 1 aromatic heterocycles. The third-order valence-electron chi connectivity index (χ3n) is 3.68. The fourth-order valence-corrected chi connectivity index (χ4v) is 2.56. The summed E-state index contributed by atoms with van der Waals surface area (Å²) in [5.41, 5.74) is 3.74. The first-order chi connectivity index (χ1) is 10.8. The largest absolute Gasteiger partial charge is 0.494 e. The van der Waals surface area contributed by atoms with E-state index < -0.39 is 0 Å². The Morgan fingerprint density at radius 3 is 2.68 bits per heavy atom. The van der Waals surface area contributed by atoms with Crippen LogP contribution in [-0.4, -0.2) is 16.6 Å². The summed E-state index contributed by atoms with van der Waals surface area (Å²) in [5.74, 6) is 0.808. The molecule has 0 spiro atoms. The van der Waals surface area contributed by atoms with Crippen molar-refractivity contribution in [2.24, 2.45) is 0 Å². The minimum Gasteiger partial charge on any atom is -0.494 e. The quantitative estimate of drug-likeness (QED) is 0.682. The fourth-order valence-electron chi connectivity index (χ4n) is 2.56. The van der Waals surface area contributed by atoms with E-state index in [1.807, 2.05) is 30.3 Å². The molecule has 0 aliphatic heterocycles. The number of benzene rings is 2. The lowest BCUT2D eigenvalue weighted by Gasteiger charge is -2.09. The van der Waals surface area contributed by atoms with Crippen molar-refractivity contribution in [2.45, 2.75) is 26.2 Å². The molecule has 3 aromatic rings. The first-order valence-corrected chi connectivity index (χ1v) is 7.68. The predicted octanol–water partition coefficient (Wildman–Crippen LogP) is 3.63. The Bertz CT molecular complexity index is 803. The van der Waals surface area contributed by atoms with Crippen LogP contribution in [0.15, 0.2) is 47.3 Å². The van der Waals surface area contributed by atoms with Gasteiger partial charge in [0.1, 0.15) is 5.75 Å². The zero-order chi connectivity index (χ0) is 15.4. The molecule has 0 saturated carbocycles. The van der Waals surface area contributed by atoms with Gasteiger partial charge >= 0.3 is 5.69 Å². The Hall–Kier alpha value is -2.49. The highest BCUT2D eigenvalue weighted by Gasteiger charge is 2.09. The molecule has 3 rings (SSSR count). The molecule has 1 heterocycles. The van der Waals surface area contributed by atoms with Crippen LogP contribution in [0.5, 0.6) is 5.75 Å². The van der Waals surface area contributed by atoms with Gasteiger partial charge in [0.05, 0.1) is 17.6 Å². The van der Waals surface area contributed by atoms with Crippen molar-refractivity contribution in [3.05, 3.63) is 64.1 Å². The highest BCUT2D eigenvalue weighted by molar-refractivity contribution is 5.80. The Morgan fingerprint density at radius 1 is 1.09 bits per heavy atom. The fraction of sp³-hybridized carbons (Fsp3) is 0.278. The van der Waals surface area contributed by atoms with E-state index in [0.717, 1.165) is 41.6 Å². The summed E-state index contributed by atoms with van der Waals surface area (Å²) >= 11 is 0. The van der Waals surface area contributed by atoms with Gasteiger partial charge in [-0.3, -0.25) is 0 Å². The summed E-state index contributed by atoms with van der Waals surface area (Å²) in [6.07, 6.45) is 2.88. The average molecular weight is 296 g/mol. The maximum atomic E-state index is 11.6. The van der Waals surface area contributed by atoms with Gasteiger partial charge in [0.15, 0.2) is 0 Å². The van der Waals surface area contributed by atoms with Gasteiger partial charge in [-0.1, -0.05) is 43.7 Å². The van der Waals surface area contributed by atoms with E-state index in [-0.39, 0.29) is 5.69 Å². The molecule has 22 heavy (non-hydrogen) atoms. The molecule has 4 heteroatoms. The first-order valence-electron chi connectivity index (χ1n) is 7.68. The Morgan fingerprint density at radius 2 is 1.91 bits per heavy atom. The minimum atomic E-state index is -0.185. The van der Waals surface area contributed by atoms with Crippen molar-refractivity contribution in [3.63, 3.8) is 0 Å². The molecule has 0 radical (unpaired) electrons. The molecular weight excluding hydrogens is 276 g/mol. The molecule has 0 unspecified atom stereocenters. The molecule has 0 aliphatic rings. The molecule has 0 amide bonds. The standard InChI is InChI=1S/C18H20N2O2/c1-2-3-9-22-15-11-14(10-13-7-5-4-6-8-13)17-16(12-15)19-18(21)20-17/h4-8,11-12H,2-3,9-10H2,1H3,(H2,19,20,21). The molecule has 0 aliphatic carbocycles. The zero-order valence-electron chi connectivity index (χ0n) is 12.7. The van der Waals surface area contributed by atoms with Crippen molar-refractivity contribution < 1.29 is 4.74 Å². The second kappa shape index (κ2) is 6.52. The molecule has 2 N–H and O–H groups in total. The normalized spacial score (nSPS) is 11.0. The van der Waals surface area contributed by atoms with Crippen LogP contribution in [0.1, 0.15) is 30.9 Å². The summed E-state index contributed by atoms with van der Waals surface area (Å²) in [5, 5.41) is 0. The van der Waals surface area contributed by atoms with E-state index in [2.05, 4.69) is 29.0 Å². The number of aromatic nitrogens is 2. The van der Waals surface area contributed by atoms with E-state index in [1.54, 1.807) is 0 Å². The van der Waals surface area contributed by atoms with Crippen molar-refractivity contribution >= 4 is 11.0 Å². The molecule has 0 bridgehead atoms. The molecular formula is C18H20N2O2. The highest BCUT2D eigenvalue weighted by Crippen LogP contribution is 2.24. The SMILES string of the molecule is CCCCOc1cc(Cc2ccccc2)c2[nH]c(=O)[nH]c2c1. The second-order valence-corrected chi connectivity index (χ2v) is 5.45. The molecule has 114 valence electrons. The number of unbranched alkanes of at least 4 members (excludes halogenated alkanes) is 1. The summed E-state index contributed by atoms with van der Waals surface area (Å²) < 4.78 is 5.81. The summed E-state index contributed by atoms with van der Waals surface area (Å²) in [6.45, 7) is 2.83. The van der Waals surface area contributed by atoms with Gasteiger partial charge in [0.2, 0.25) is 0 Å². The van der Waals surface area contributed by atoms with Crippen LogP contribution >= 0.6 is 0 Å². The van der Waals surface area contributed by atoms with Crippen LogP contribution < -0.4 is 10.4 Å². The number of fused-ring (bicyclic) bond motifs is 1. The Kier molecular flexibility index (Phi) is 4.28. The minimum absolute atomic E-state index is 0.185. The van der Waals surface area contributed by atoms with Crippen LogP contribution in [0.2, 0.25) is 0 Å². The van der Waals surface area contributed by atoms with E-state index in [4.69, 9.17) is 4.74 Å². The lowest BCUT2D eigenvalue weighted by molar-refractivity contribution is 0.309. The van der Waals surface area contributed by atoms with Gasteiger partial charge in [-0.25, -0.2) is 4.79 Å². The molecule has 4 nitrogen and oxygen atoms in total. The lowest BCUT2D eigenvalue weighted by atomic mass is 10.0. The van der Waals surface area contributed by atoms with E-state index >= 15 is 0 Å². The van der Waals surface area contributed by atoms with Crippen molar-refractivity contribution in [3.8, 4) is 5.75 Å². The summed E-state index contributed by atoms with van der Waals surface area (Å²) in [7, 11) is 0. The molecule has 0 saturated heterocycles. The number of rotatable bonds is 6. The second-order valence-electron chi connectivity index (χ2n) is 5.45. The van der Waals surface area contributed by atoms with Crippen LogP contribution in [-0.2, 0) is 6.42 Å². The number of aromatic amines is 2. The summed E-state index contributed by atoms with van der Waals surface area (Å²) in [6, 6.07) is 14.1. The number of hydrogen-bond donors (Lipinski definition) is 2. The van der Waals surface area contributed by atoms with E-state index in [0.29, 0.717) is 6.61 Å². The number of H-pyrrole nitrogens is 2. The van der Waals surface area contributed by atoms with Crippen molar-refractivity contribution in [1.29, 1.82) is 0 Å². The van der Waals surface area contributed by atoms with Gasteiger partial charge < -0.3 is 14.7 Å². The van der Waals surface area contributed by atoms with Crippen LogP contribution in [0.25, 0.3) is 11.0 Å². The van der Waals surface area contributed by atoms with Gasteiger partial charge in [-0.2, -0.15) is 0 Å². The Balaban J connectivity index is 1.96. The maximum Gasteiger partial charge on any atom is 0.323 e. The lowest BCUT2D eigenvalue weighted by Crippen LogP contribution is -2.00. The van der Waals surface area contributed by atoms with Crippen molar-refractivity contribution in [2.75, 3.05) is 6.61 Å². The van der Waals surface area contributed by atoms with E-state index in [9.17, 15) is 4.79 Å². The van der Waals surface area contributed by atoms with Gasteiger partial charge in [0, 0.05) is 6.07 Å². The Labute approximate surface area is 129 Å². The third kappa shape index (κ3) is 3.22. The van der Waals surface area contributed by atoms with Crippen LogP contribution in [0, 0.1) is 0 Å². The molecule has 2 aromatic carbocycles. The number of imidazole rings is 1. The van der Waals surface area contributed by atoms with Gasteiger partial charge in [-0.05, 0) is 30.0 Å². The maximum absolute atomic E-state index is 11.6. The highest BCUT2D eigenvalue weighted by atomic mass is 16.5. The summed E-state index contributed by atoms with van der Waals surface area (Å²) in [4.78, 5) is 17.3. The monoisotopic (exact) mass is 296 g/mol. The number of ether oxygens (including phenoxy) is 1. The van der Waals surface area contributed by atoms with Gasteiger partial charge in [-0.15, -0.1) is 0 Å². The van der Waals surface area contributed by atoms with E-state index in [1.165, 1.54) is 5.56 Å². The van der Waals surface area contributed by atoms with Crippen LogP contribution in [0.4, 0.5) is 0 Å².